The topological polar surface area (TPSA) is 52.6 Å². The van der Waals surface area contributed by atoms with E-state index in [1.54, 1.807) is 0 Å². The highest BCUT2D eigenvalue weighted by molar-refractivity contribution is 5.94. The van der Waals surface area contributed by atoms with Gasteiger partial charge in [0.05, 0.1) is 14.2 Å². The molecule has 31 heavy (non-hydrogen) atoms. The lowest BCUT2D eigenvalue weighted by Gasteiger charge is -2.21. The molecule has 0 saturated heterocycles. The van der Waals surface area contributed by atoms with E-state index in [-0.39, 0.29) is 41.5 Å². The van der Waals surface area contributed by atoms with Crippen LogP contribution in [0.5, 0.6) is 0 Å². The molecule has 0 spiro atoms. The van der Waals surface area contributed by atoms with E-state index in [2.05, 4.69) is 19.9 Å². The van der Waals surface area contributed by atoms with Crippen molar-refractivity contribution in [2.45, 2.75) is 24.7 Å². The van der Waals surface area contributed by atoms with Crippen LogP contribution in [0, 0.1) is 29.6 Å². The first-order valence-corrected chi connectivity index (χ1v) is 11.0. The molecule has 2 saturated carbocycles. The van der Waals surface area contributed by atoms with Crippen LogP contribution in [0.15, 0.2) is 72.3 Å². The van der Waals surface area contributed by atoms with Crippen molar-refractivity contribution in [1.29, 1.82) is 0 Å². The Labute approximate surface area is 183 Å². The molecule has 4 heteroatoms. The van der Waals surface area contributed by atoms with Crippen LogP contribution in [-0.4, -0.2) is 26.2 Å². The van der Waals surface area contributed by atoms with Gasteiger partial charge in [-0.1, -0.05) is 86.2 Å². The number of hydrogen-bond donors (Lipinski definition) is 0. The third kappa shape index (κ3) is 2.36. The zero-order valence-corrected chi connectivity index (χ0v) is 18.4. The van der Waals surface area contributed by atoms with Crippen molar-refractivity contribution < 1.29 is 19.1 Å². The van der Waals surface area contributed by atoms with E-state index < -0.39 is 10.8 Å². The third-order valence-corrected chi connectivity index (χ3v) is 7.93. The number of carbonyl (C=O) groups is 2. The summed E-state index contributed by atoms with van der Waals surface area (Å²) in [6.45, 7) is 4.33. The van der Waals surface area contributed by atoms with E-state index in [1.165, 1.54) is 19.8 Å². The molecule has 3 aliphatic carbocycles. The van der Waals surface area contributed by atoms with Gasteiger partial charge in [0.25, 0.3) is 0 Å². The number of esters is 2. The van der Waals surface area contributed by atoms with Crippen molar-refractivity contribution in [3.63, 3.8) is 0 Å². The Morgan fingerprint density at radius 3 is 1.74 bits per heavy atom. The van der Waals surface area contributed by atoms with E-state index >= 15 is 0 Å². The molecule has 3 aliphatic rings. The normalized spacial score (nSPS) is 34.8. The molecule has 2 aromatic carbocycles. The van der Waals surface area contributed by atoms with E-state index in [1.807, 2.05) is 60.7 Å². The number of fused-ring (bicyclic) bond motifs is 3. The number of rotatable bonds is 5. The summed E-state index contributed by atoms with van der Waals surface area (Å²) in [5, 5.41) is 0. The maximum absolute atomic E-state index is 13.4. The van der Waals surface area contributed by atoms with E-state index in [4.69, 9.17) is 9.47 Å². The number of allylic oxidation sites excluding steroid dienone is 2. The second-order valence-corrected chi connectivity index (χ2v) is 9.33. The van der Waals surface area contributed by atoms with Crippen LogP contribution in [0.1, 0.15) is 25.0 Å². The Bertz CT molecular complexity index is 1060. The van der Waals surface area contributed by atoms with Crippen molar-refractivity contribution in [3.8, 4) is 0 Å². The van der Waals surface area contributed by atoms with Crippen LogP contribution >= 0.6 is 0 Å². The molecule has 5 rings (SSSR count). The predicted molar refractivity (Wildman–Crippen MR) is 117 cm³/mol. The Hall–Kier alpha value is -2.88. The zero-order chi connectivity index (χ0) is 22.0. The molecule has 2 aromatic rings. The SMILES string of the molecule is COC(=O)C1(c2ccccc2)C2C=C(C(C)C)C3C(C21)C3(C(=O)OC)c1ccccc1. The lowest BCUT2D eigenvalue weighted by molar-refractivity contribution is -0.146. The van der Waals surface area contributed by atoms with Gasteiger partial charge in [-0.3, -0.25) is 9.59 Å². The van der Waals surface area contributed by atoms with Gasteiger partial charge in [0.1, 0.15) is 10.8 Å². The third-order valence-electron chi connectivity index (χ3n) is 7.93. The van der Waals surface area contributed by atoms with Gasteiger partial charge in [0.15, 0.2) is 0 Å². The second-order valence-electron chi connectivity index (χ2n) is 9.33. The lowest BCUT2D eigenvalue weighted by Crippen LogP contribution is -2.30. The molecule has 4 nitrogen and oxygen atoms in total. The summed E-state index contributed by atoms with van der Waals surface area (Å²) >= 11 is 0. The monoisotopic (exact) mass is 416 g/mol. The molecule has 160 valence electrons. The highest BCUT2D eigenvalue weighted by Crippen LogP contribution is 2.81. The molecule has 0 aromatic heterocycles. The summed E-state index contributed by atoms with van der Waals surface area (Å²) in [6.07, 6.45) is 2.27. The second kappa shape index (κ2) is 6.81. The molecule has 0 bridgehead atoms. The Morgan fingerprint density at radius 1 is 0.774 bits per heavy atom. The summed E-state index contributed by atoms with van der Waals surface area (Å²) < 4.78 is 10.8. The van der Waals surface area contributed by atoms with Crippen LogP contribution in [0.25, 0.3) is 0 Å². The molecule has 0 amide bonds. The van der Waals surface area contributed by atoms with Crippen molar-refractivity contribution in [1.82, 2.24) is 0 Å². The molecule has 0 radical (unpaired) electrons. The van der Waals surface area contributed by atoms with Gasteiger partial charge in [-0.05, 0) is 28.9 Å². The van der Waals surface area contributed by atoms with Gasteiger partial charge in [-0.25, -0.2) is 0 Å². The van der Waals surface area contributed by atoms with Gasteiger partial charge in [0, 0.05) is 11.8 Å². The Balaban J connectivity index is 1.72. The van der Waals surface area contributed by atoms with Crippen LogP contribution in [0.4, 0.5) is 0 Å². The molecule has 6 atom stereocenters. The van der Waals surface area contributed by atoms with Gasteiger partial charge < -0.3 is 9.47 Å². The highest BCUT2D eigenvalue weighted by atomic mass is 16.5. The van der Waals surface area contributed by atoms with Crippen LogP contribution in [0.2, 0.25) is 0 Å². The number of hydrogen-bond acceptors (Lipinski definition) is 4. The number of methoxy groups -OCH3 is 2. The standard InChI is InChI=1S/C27H28O4/c1-16(2)19-15-20-22(26(20,24(28)30-3)17-11-7-5-8-12-17)23-21(19)27(23,25(29)31-4)18-13-9-6-10-14-18/h5-16,20-23H,1-4H3. The van der Waals surface area contributed by atoms with Gasteiger partial charge >= 0.3 is 11.9 Å². The van der Waals surface area contributed by atoms with Crippen molar-refractivity contribution in [2.75, 3.05) is 14.2 Å². The molecule has 0 heterocycles. The number of benzene rings is 2. The lowest BCUT2D eigenvalue weighted by atomic mass is 9.84. The first-order valence-electron chi connectivity index (χ1n) is 11.0. The van der Waals surface area contributed by atoms with E-state index in [0.29, 0.717) is 0 Å². The van der Waals surface area contributed by atoms with Crippen molar-refractivity contribution >= 4 is 11.9 Å². The van der Waals surface area contributed by atoms with Crippen molar-refractivity contribution in [2.24, 2.45) is 29.6 Å². The summed E-state index contributed by atoms with van der Waals surface area (Å²) in [4.78, 5) is 26.7. The fourth-order valence-corrected chi connectivity index (χ4v) is 6.72. The Morgan fingerprint density at radius 2 is 1.26 bits per heavy atom. The molecule has 0 N–H and O–H groups in total. The summed E-state index contributed by atoms with van der Waals surface area (Å²) in [7, 11) is 2.92. The van der Waals surface area contributed by atoms with Gasteiger partial charge in [-0.2, -0.15) is 0 Å². The van der Waals surface area contributed by atoms with Crippen LogP contribution in [-0.2, 0) is 29.9 Å². The quantitative estimate of drug-likeness (QED) is 0.539. The van der Waals surface area contributed by atoms with Crippen LogP contribution < -0.4 is 0 Å². The average Bonchev–Trinajstić information content (AvgIpc) is 3.69. The highest BCUT2D eigenvalue weighted by Gasteiger charge is 2.87. The van der Waals surface area contributed by atoms with Crippen molar-refractivity contribution in [3.05, 3.63) is 83.4 Å². The maximum Gasteiger partial charge on any atom is 0.317 e. The molecule has 0 aliphatic heterocycles. The first-order chi connectivity index (χ1) is 15.0. The zero-order valence-electron chi connectivity index (χ0n) is 18.4. The Kier molecular flexibility index (Phi) is 4.40. The van der Waals surface area contributed by atoms with Crippen LogP contribution in [0.3, 0.4) is 0 Å². The molecular formula is C27H28O4. The minimum absolute atomic E-state index is 0.00839. The maximum atomic E-state index is 13.4. The fourth-order valence-electron chi connectivity index (χ4n) is 6.72. The molecule has 2 fully saturated rings. The summed E-state index contributed by atoms with van der Waals surface area (Å²) in [5.41, 5.74) is 1.69. The summed E-state index contributed by atoms with van der Waals surface area (Å²) in [6, 6.07) is 19.9. The van der Waals surface area contributed by atoms with Gasteiger partial charge in [-0.15, -0.1) is 0 Å². The minimum Gasteiger partial charge on any atom is -0.468 e. The molecular weight excluding hydrogens is 388 g/mol. The van der Waals surface area contributed by atoms with E-state index in [9.17, 15) is 9.59 Å². The number of carbonyl (C=O) groups excluding carboxylic acids is 2. The minimum atomic E-state index is -0.754. The van der Waals surface area contributed by atoms with Gasteiger partial charge in [0.2, 0.25) is 0 Å². The predicted octanol–water partition coefficient (Wildman–Crippen LogP) is 4.30. The summed E-state index contributed by atoms with van der Waals surface area (Å²) in [5.74, 6) is -0.0687. The molecule has 6 unspecified atom stereocenters. The fraction of sp³-hybridized carbons (Fsp3) is 0.407. The average molecular weight is 417 g/mol. The van der Waals surface area contributed by atoms with E-state index in [0.717, 1.165) is 11.1 Å². The number of ether oxygens (including phenoxy) is 2. The largest absolute Gasteiger partial charge is 0.468 e. The first kappa shape index (κ1) is 20.0. The smallest absolute Gasteiger partial charge is 0.317 e.